The van der Waals surface area contributed by atoms with Crippen LogP contribution in [0.4, 0.5) is 0 Å². The maximum absolute atomic E-state index is 5.42. The average molecular weight is 672 g/mol. The van der Waals surface area contributed by atoms with Gasteiger partial charge in [-0.2, -0.15) is 0 Å². The lowest BCUT2D eigenvalue weighted by Gasteiger charge is -2.31. The predicted molar refractivity (Wildman–Crippen MR) is 217 cm³/mol. The van der Waals surface area contributed by atoms with Gasteiger partial charge < -0.3 is 0 Å². The smallest absolute Gasteiger partial charge is 0.164 e. The predicted octanol–water partition coefficient (Wildman–Crippen LogP) is 12.2. The summed E-state index contributed by atoms with van der Waals surface area (Å²) in [5, 5.41) is 9.94. The molecule has 0 fully saturated rings. The van der Waals surface area contributed by atoms with Crippen LogP contribution in [-0.4, -0.2) is 15.0 Å². The Labute approximate surface area is 305 Å². The van der Waals surface area contributed by atoms with Crippen LogP contribution < -0.4 is 0 Å². The van der Waals surface area contributed by atoms with Crippen molar-refractivity contribution in [3.05, 3.63) is 198 Å². The van der Waals surface area contributed by atoms with E-state index in [1.807, 2.05) is 18.2 Å². The molecule has 1 heterocycles. The van der Waals surface area contributed by atoms with Gasteiger partial charge in [0.1, 0.15) is 0 Å². The van der Waals surface area contributed by atoms with Gasteiger partial charge in [0.15, 0.2) is 17.5 Å². The lowest BCUT2D eigenvalue weighted by molar-refractivity contribution is 0.797. The van der Waals surface area contributed by atoms with Crippen LogP contribution in [0.25, 0.3) is 88.4 Å². The molecule has 2 aliphatic rings. The Hall–Kier alpha value is -6.97. The monoisotopic (exact) mass is 671 g/mol. The van der Waals surface area contributed by atoms with Crippen molar-refractivity contribution < 1.29 is 0 Å². The van der Waals surface area contributed by atoms with Crippen molar-refractivity contribution in [1.82, 2.24) is 15.0 Å². The highest BCUT2D eigenvalue weighted by molar-refractivity contribution is 6.18. The van der Waals surface area contributed by atoms with Crippen LogP contribution in [0.1, 0.15) is 22.3 Å². The van der Waals surface area contributed by atoms with E-state index in [0.29, 0.717) is 17.5 Å². The summed E-state index contributed by atoms with van der Waals surface area (Å²) in [7, 11) is 0. The van der Waals surface area contributed by atoms with E-state index >= 15 is 0 Å². The highest BCUT2D eigenvalue weighted by Crippen LogP contribution is 2.63. The molecular weight excluding hydrogens is 643 g/mol. The number of nitrogens with zero attached hydrogens (tertiary/aromatic N) is 3. The summed E-state index contributed by atoms with van der Waals surface area (Å²) in [5.74, 6) is 1.99. The molecule has 12 rings (SSSR count). The number of rotatable bonds is 3. The largest absolute Gasteiger partial charge is 0.208 e. The molecule has 0 saturated heterocycles. The molecule has 244 valence electrons. The van der Waals surface area contributed by atoms with Gasteiger partial charge in [-0.3, -0.25) is 0 Å². The Morgan fingerprint density at radius 1 is 0.321 bits per heavy atom. The third-order valence-electron chi connectivity index (χ3n) is 11.7. The maximum Gasteiger partial charge on any atom is 0.164 e. The average Bonchev–Trinajstić information content (AvgIpc) is 3.71. The molecule has 0 bridgehead atoms. The molecule has 0 atom stereocenters. The molecule has 0 radical (unpaired) electrons. The van der Waals surface area contributed by atoms with E-state index < -0.39 is 5.41 Å². The quantitative estimate of drug-likeness (QED) is 0.176. The molecule has 0 N–H and O–H groups in total. The van der Waals surface area contributed by atoms with Gasteiger partial charge in [0.25, 0.3) is 0 Å². The van der Waals surface area contributed by atoms with E-state index in [1.54, 1.807) is 0 Å². The Morgan fingerprint density at radius 2 is 0.849 bits per heavy atom. The van der Waals surface area contributed by atoms with Crippen molar-refractivity contribution in [2.45, 2.75) is 5.41 Å². The minimum atomic E-state index is -0.461. The van der Waals surface area contributed by atoms with Gasteiger partial charge in [-0.05, 0) is 82.5 Å². The summed E-state index contributed by atoms with van der Waals surface area (Å²) in [4.78, 5) is 15.9. The van der Waals surface area contributed by atoms with Crippen molar-refractivity contribution >= 4 is 43.1 Å². The van der Waals surface area contributed by atoms with Gasteiger partial charge in [0.2, 0.25) is 0 Å². The third kappa shape index (κ3) is 3.75. The fourth-order valence-corrected chi connectivity index (χ4v) is 9.59. The Balaban J connectivity index is 1.18. The zero-order valence-electron chi connectivity index (χ0n) is 28.6. The first kappa shape index (κ1) is 28.7. The topological polar surface area (TPSA) is 38.7 Å². The van der Waals surface area contributed by atoms with E-state index in [9.17, 15) is 0 Å². The Kier molecular flexibility index (Phi) is 5.70. The van der Waals surface area contributed by atoms with Crippen molar-refractivity contribution in [3.63, 3.8) is 0 Å². The summed E-state index contributed by atoms with van der Waals surface area (Å²) in [5.41, 5.74) is 10.2. The molecule has 2 aliphatic carbocycles. The first-order valence-corrected chi connectivity index (χ1v) is 18.2. The van der Waals surface area contributed by atoms with Crippen molar-refractivity contribution in [3.8, 4) is 45.3 Å². The lowest BCUT2D eigenvalue weighted by Crippen LogP contribution is -2.26. The zero-order chi connectivity index (χ0) is 34.7. The first-order valence-electron chi connectivity index (χ1n) is 18.2. The van der Waals surface area contributed by atoms with Gasteiger partial charge in [-0.25, -0.2) is 15.0 Å². The van der Waals surface area contributed by atoms with E-state index in [0.717, 1.165) is 27.5 Å². The van der Waals surface area contributed by atoms with E-state index in [-0.39, 0.29) is 0 Å². The number of hydrogen-bond acceptors (Lipinski definition) is 3. The zero-order valence-corrected chi connectivity index (χ0v) is 28.6. The normalized spacial score (nSPS) is 13.4. The van der Waals surface area contributed by atoms with Crippen LogP contribution in [-0.2, 0) is 5.41 Å². The van der Waals surface area contributed by atoms with Crippen LogP contribution >= 0.6 is 0 Å². The maximum atomic E-state index is 5.42. The fourth-order valence-electron chi connectivity index (χ4n) is 9.59. The van der Waals surface area contributed by atoms with Crippen molar-refractivity contribution in [2.24, 2.45) is 0 Å². The summed E-state index contributed by atoms with van der Waals surface area (Å²) >= 11 is 0. The molecule has 0 amide bonds. The minimum absolute atomic E-state index is 0.461. The fraction of sp³-hybridized carbons (Fsp3) is 0.0200. The molecule has 0 aliphatic heterocycles. The second kappa shape index (κ2) is 10.5. The van der Waals surface area contributed by atoms with E-state index in [2.05, 4.69) is 158 Å². The SMILES string of the molecule is c1ccc(-c2nc(-c3cccc4c3-c3ccccc3C43c4cccc5ccc6cccc3c6c45)nc(-c3cc4ccccc4c4ccccc34)n2)cc1. The number of benzene rings is 9. The van der Waals surface area contributed by atoms with Gasteiger partial charge >= 0.3 is 0 Å². The summed E-state index contributed by atoms with van der Waals surface area (Å²) in [6.45, 7) is 0. The van der Waals surface area contributed by atoms with E-state index in [1.165, 1.54) is 65.7 Å². The Morgan fingerprint density at radius 3 is 1.62 bits per heavy atom. The van der Waals surface area contributed by atoms with Crippen molar-refractivity contribution in [2.75, 3.05) is 0 Å². The number of fused-ring (bicyclic) bond motifs is 10. The number of aromatic nitrogens is 3. The molecule has 3 heteroatoms. The molecule has 1 aromatic heterocycles. The lowest BCUT2D eigenvalue weighted by atomic mass is 9.70. The standard InChI is InChI=1S/C50H29N3/c1-2-13-32(14-3-1)47-51-48(53-49(52-47)39-29-33-15-4-5-18-34(33)35-19-6-7-20-36(35)39)38-22-12-26-43-46(38)37-21-8-9-23-40(37)50(43)41-24-10-16-30-27-28-31-17-11-25-42(50)45(31)44(30)41/h1-29H. The van der Waals surface area contributed by atoms with Gasteiger partial charge in [-0.15, -0.1) is 0 Å². The van der Waals surface area contributed by atoms with Gasteiger partial charge in [-0.1, -0.05) is 170 Å². The molecule has 9 aromatic carbocycles. The van der Waals surface area contributed by atoms with Crippen LogP contribution in [0.3, 0.4) is 0 Å². The van der Waals surface area contributed by atoms with Gasteiger partial charge in [0.05, 0.1) is 5.41 Å². The highest BCUT2D eigenvalue weighted by atomic mass is 15.0. The first-order chi connectivity index (χ1) is 26.3. The van der Waals surface area contributed by atoms with Crippen LogP contribution in [0.5, 0.6) is 0 Å². The van der Waals surface area contributed by atoms with Crippen LogP contribution in [0.15, 0.2) is 176 Å². The Bertz CT molecular complexity index is 3120. The molecule has 1 spiro atoms. The molecule has 10 aromatic rings. The second-order valence-electron chi connectivity index (χ2n) is 14.3. The van der Waals surface area contributed by atoms with Crippen LogP contribution in [0.2, 0.25) is 0 Å². The molecule has 53 heavy (non-hydrogen) atoms. The van der Waals surface area contributed by atoms with E-state index in [4.69, 9.17) is 15.0 Å². The summed E-state index contributed by atoms with van der Waals surface area (Å²) < 4.78 is 0. The van der Waals surface area contributed by atoms with Gasteiger partial charge in [0, 0.05) is 16.7 Å². The van der Waals surface area contributed by atoms with Crippen molar-refractivity contribution in [1.29, 1.82) is 0 Å². The van der Waals surface area contributed by atoms with Crippen LogP contribution in [0, 0.1) is 0 Å². The molecule has 3 nitrogen and oxygen atoms in total. The summed E-state index contributed by atoms with van der Waals surface area (Å²) in [6.07, 6.45) is 0. The molecule has 0 unspecified atom stereocenters. The number of hydrogen-bond donors (Lipinski definition) is 0. The second-order valence-corrected chi connectivity index (χ2v) is 14.3. The highest BCUT2D eigenvalue weighted by Gasteiger charge is 2.51. The minimum Gasteiger partial charge on any atom is -0.208 e. The third-order valence-corrected chi connectivity index (χ3v) is 11.7. The molecule has 0 saturated carbocycles. The summed E-state index contributed by atoms with van der Waals surface area (Å²) in [6, 6.07) is 63.6. The molecular formula is C50H29N3.